The summed E-state index contributed by atoms with van der Waals surface area (Å²) in [6.07, 6.45) is 22.8. The van der Waals surface area contributed by atoms with Crippen molar-refractivity contribution in [3.05, 3.63) is 13.2 Å². The number of aliphatic hydroxyl groups excluding tert-OH is 3. The molecule has 0 unspecified atom stereocenters. The molecule has 12 heteroatoms. The van der Waals surface area contributed by atoms with E-state index in [2.05, 4.69) is 36.0 Å². The first-order valence-corrected chi connectivity index (χ1v) is 19.9. The summed E-state index contributed by atoms with van der Waals surface area (Å²) in [6, 6.07) is -0.651. The summed E-state index contributed by atoms with van der Waals surface area (Å²) in [5.41, 5.74) is 0. The van der Waals surface area contributed by atoms with Gasteiger partial charge in [-0.25, -0.2) is 0 Å². The van der Waals surface area contributed by atoms with E-state index in [1.165, 1.54) is 96.8 Å². The van der Waals surface area contributed by atoms with Gasteiger partial charge in [0.1, 0.15) is 6.61 Å². The van der Waals surface area contributed by atoms with Crippen LogP contribution in [0.15, 0.2) is 13.2 Å². The van der Waals surface area contributed by atoms with Gasteiger partial charge in [0.25, 0.3) is 0 Å². The number of rotatable bonds is 33. The maximum atomic E-state index is 12.3. The second-order valence-electron chi connectivity index (χ2n) is 11.8. The van der Waals surface area contributed by atoms with Crippen LogP contribution < -0.4 is 16.0 Å². The number of aliphatic hydroxyl groups is 3. The minimum Gasteiger partial charge on any atom is -0.400 e. The maximum Gasteiger partial charge on any atom is 0.246 e. The summed E-state index contributed by atoms with van der Waals surface area (Å²) in [7, 11) is 2.00. The summed E-state index contributed by atoms with van der Waals surface area (Å²) in [5, 5.41) is 30.6. The molecule has 0 radical (unpaired) electrons. The predicted octanol–water partition coefficient (Wildman–Crippen LogP) is 6.19. The van der Waals surface area contributed by atoms with Crippen molar-refractivity contribution in [3.63, 3.8) is 0 Å². The van der Waals surface area contributed by atoms with Gasteiger partial charge < -0.3 is 40.7 Å². The molecule has 0 aliphatic heterocycles. The van der Waals surface area contributed by atoms with Crippen molar-refractivity contribution in [2.45, 2.75) is 162 Å². The number of hydrogen-bond donors (Lipinski definition) is 6. The molecule has 52 heavy (non-hydrogen) atoms. The highest BCUT2D eigenvalue weighted by molar-refractivity contribution is 5.88. The van der Waals surface area contributed by atoms with E-state index >= 15 is 0 Å². The number of nitrogens with one attached hydrogen (secondary N) is 3. The number of ketones is 1. The normalized spacial score (nSPS) is 10.3. The van der Waals surface area contributed by atoms with E-state index in [1.807, 2.05) is 13.8 Å². The van der Waals surface area contributed by atoms with Crippen molar-refractivity contribution in [1.82, 2.24) is 16.0 Å². The van der Waals surface area contributed by atoms with Gasteiger partial charge in [-0.05, 0) is 19.8 Å². The topological polar surface area (TPSA) is 184 Å². The van der Waals surface area contributed by atoms with Crippen LogP contribution in [-0.4, -0.2) is 105 Å². The standard InChI is InChI=1S/C34H65N3O7.C2H6.C2H4.2CH4O/c1-3-4-5-6-7-8-9-10-11-12-13-14-15-16-17-18-19-20-33(41)37-31(30(2)39)21-22-32(40)36-24-26-43-27-28-44-29-34(42)35-23-25-38;4*1-2/h31,38H,3-29H2,1-2H3,(H,35,42)(H,36,40)(H,37,41);1-2H3;1-2H2;2*2H,1H3/t31-;;;;/m0..../s1. The molecule has 0 aromatic rings. The lowest BCUT2D eigenvalue weighted by molar-refractivity contribution is -0.128. The third kappa shape index (κ3) is 52.0. The van der Waals surface area contributed by atoms with Crippen molar-refractivity contribution in [2.24, 2.45) is 0 Å². The van der Waals surface area contributed by atoms with Crippen molar-refractivity contribution in [1.29, 1.82) is 0 Å². The van der Waals surface area contributed by atoms with Crippen LogP contribution in [0.5, 0.6) is 0 Å². The molecule has 0 fully saturated rings. The molecule has 0 heterocycles. The van der Waals surface area contributed by atoms with Gasteiger partial charge >= 0.3 is 0 Å². The van der Waals surface area contributed by atoms with Gasteiger partial charge in [-0.2, -0.15) is 0 Å². The van der Waals surface area contributed by atoms with E-state index in [0.29, 0.717) is 13.0 Å². The summed E-state index contributed by atoms with van der Waals surface area (Å²) in [6.45, 7) is 14.8. The number of amides is 3. The van der Waals surface area contributed by atoms with Crippen LogP contribution in [-0.2, 0) is 28.7 Å². The number of hydrogen-bond acceptors (Lipinski definition) is 9. The number of carbonyl (C=O) groups excluding carboxylic acids is 4. The van der Waals surface area contributed by atoms with Gasteiger partial charge in [-0.1, -0.05) is 124 Å². The third-order valence-electron chi connectivity index (χ3n) is 7.60. The van der Waals surface area contributed by atoms with Gasteiger partial charge in [-0.15, -0.1) is 13.2 Å². The molecule has 0 spiro atoms. The number of Topliss-reactive ketones (excluding diaryl/α,β-unsaturated/α-hetero) is 1. The van der Waals surface area contributed by atoms with Gasteiger partial charge in [-0.3, -0.25) is 19.2 Å². The van der Waals surface area contributed by atoms with Crippen LogP contribution in [0.4, 0.5) is 0 Å². The van der Waals surface area contributed by atoms with E-state index in [-0.39, 0.29) is 75.9 Å². The van der Waals surface area contributed by atoms with Crippen molar-refractivity contribution in [3.8, 4) is 0 Å². The monoisotopic (exact) mass is 750 g/mol. The Balaban J connectivity index is -0.000000855. The molecule has 3 amide bonds. The average Bonchev–Trinajstić information content (AvgIpc) is 3.17. The second-order valence-corrected chi connectivity index (χ2v) is 11.8. The smallest absolute Gasteiger partial charge is 0.246 e. The fourth-order valence-corrected chi connectivity index (χ4v) is 4.91. The van der Waals surface area contributed by atoms with Crippen molar-refractivity contribution in [2.75, 3.05) is 60.3 Å². The molecular weight excluding hydrogens is 666 g/mol. The highest BCUT2D eigenvalue weighted by Crippen LogP contribution is 2.14. The Bertz CT molecular complexity index is 743. The lowest BCUT2D eigenvalue weighted by Gasteiger charge is -2.16. The zero-order chi connectivity index (χ0) is 40.5. The van der Waals surface area contributed by atoms with Gasteiger partial charge in [0.05, 0.1) is 32.5 Å². The van der Waals surface area contributed by atoms with Crippen molar-refractivity contribution < 1.29 is 44.0 Å². The van der Waals surface area contributed by atoms with Gasteiger partial charge in [0.15, 0.2) is 5.78 Å². The molecule has 6 N–H and O–H groups in total. The Hall–Kier alpha value is -2.38. The van der Waals surface area contributed by atoms with Crippen LogP contribution in [0, 0.1) is 0 Å². The summed E-state index contributed by atoms with van der Waals surface area (Å²) in [4.78, 5) is 47.8. The van der Waals surface area contributed by atoms with Crippen LogP contribution >= 0.6 is 0 Å². The molecule has 0 aliphatic carbocycles. The zero-order valence-corrected chi connectivity index (χ0v) is 34.4. The summed E-state index contributed by atoms with van der Waals surface area (Å²) in [5.74, 6) is -0.796. The Morgan fingerprint density at radius 1 is 0.577 bits per heavy atom. The summed E-state index contributed by atoms with van der Waals surface area (Å²) < 4.78 is 10.5. The number of ether oxygens (including phenoxy) is 2. The third-order valence-corrected chi connectivity index (χ3v) is 7.60. The predicted molar refractivity (Wildman–Crippen MR) is 214 cm³/mol. The minimum absolute atomic E-state index is 0.104. The Labute approximate surface area is 318 Å². The highest BCUT2D eigenvalue weighted by Gasteiger charge is 2.18. The Morgan fingerprint density at radius 2 is 1.00 bits per heavy atom. The molecule has 0 saturated heterocycles. The molecule has 0 aromatic carbocycles. The molecular formula is C40H83N3O9. The number of unbranched alkanes of at least 4 members (excludes halogenated alkanes) is 16. The molecule has 0 bridgehead atoms. The van der Waals surface area contributed by atoms with Crippen LogP contribution in [0.1, 0.15) is 156 Å². The van der Waals surface area contributed by atoms with Gasteiger partial charge in [0, 0.05) is 40.2 Å². The fourth-order valence-electron chi connectivity index (χ4n) is 4.91. The lowest BCUT2D eigenvalue weighted by Crippen LogP contribution is -2.40. The lowest BCUT2D eigenvalue weighted by atomic mass is 10.0. The Morgan fingerprint density at radius 3 is 1.44 bits per heavy atom. The van der Waals surface area contributed by atoms with Crippen molar-refractivity contribution >= 4 is 23.5 Å². The first-order chi connectivity index (χ1) is 25.4. The van der Waals surface area contributed by atoms with E-state index in [1.54, 1.807) is 0 Å². The van der Waals surface area contributed by atoms with E-state index in [9.17, 15) is 19.2 Å². The molecule has 0 aromatic heterocycles. The minimum atomic E-state index is -0.651. The Kier molecular flexibility index (Phi) is 62.7. The molecule has 312 valence electrons. The highest BCUT2D eigenvalue weighted by atomic mass is 16.5. The van der Waals surface area contributed by atoms with E-state index in [4.69, 9.17) is 24.8 Å². The van der Waals surface area contributed by atoms with Gasteiger partial charge in [0.2, 0.25) is 17.7 Å². The molecule has 12 nitrogen and oxygen atoms in total. The first-order valence-electron chi connectivity index (χ1n) is 19.9. The SMILES string of the molecule is C=C.CC.CCCCCCCCCCCCCCCCCCCC(=O)N[C@@H](CCC(=O)NCCOCCOCC(=O)NCCO)C(C)=O.CO.CO. The molecule has 1 atom stereocenters. The zero-order valence-electron chi connectivity index (χ0n) is 34.4. The second kappa shape index (κ2) is 55.4. The largest absolute Gasteiger partial charge is 0.400 e. The average molecular weight is 750 g/mol. The molecule has 0 aliphatic rings. The first kappa shape index (κ1) is 58.9. The van der Waals surface area contributed by atoms with E-state index < -0.39 is 6.04 Å². The van der Waals surface area contributed by atoms with Crippen LogP contribution in [0.2, 0.25) is 0 Å². The quantitative estimate of drug-likeness (QED) is 0.0337. The summed E-state index contributed by atoms with van der Waals surface area (Å²) >= 11 is 0. The molecule has 0 saturated carbocycles. The van der Waals surface area contributed by atoms with Crippen LogP contribution in [0.3, 0.4) is 0 Å². The maximum absolute atomic E-state index is 12.3. The number of carbonyl (C=O) groups is 4. The van der Waals surface area contributed by atoms with E-state index in [0.717, 1.165) is 33.5 Å². The molecule has 0 rings (SSSR count). The fraction of sp³-hybridized carbons (Fsp3) is 0.850. The van der Waals surface area contributed by atoms with Crippen LogP contribution in [0.25, 0.3) is 0 Å².